The third-order valence-electron chi connectivity index (χ3n) is 3.46. The first-order valence-electron chi connectivity index (χ1n) is 6.97. The molecule has 0 radical (unpaired) electrons. The summed E-state index contributed by atoms with van der Waals surface area (Å²) in [6.45, 7) is 7.98. The van der Waals surface area contributed by atoms with Gasteiger partial charge in [0, 0.05) is 5.92 Å². The minimum Gasteiger partial charge on any atom is -0.348 e. The Morgan fingerprint density at radius 3 is 2.48 bits per heavy atom. The fraction of sp³-hybridized carbons (Fsp3) is 0.600. The average molecular weight is 314 g/mol. The lowest BCUT2D eigenvalue weighted by atomic mass is 10.1. The van der Waals surface area contributed by atoms with Crippen molar-refractivity contribution in [3.8, 4) is 0 Å². The number of benzene rings is 1. The summed E-state index contributed by atoms with van der Waals surface area (Å²) in [6.07, 6.45) is -0.159. The van der Waals surface area contributed by atoms with Crippen molar-refractivity contribution in [1.29, 1.82) is 0 Å². The molecule has 1 saturated heterocycles. The molecule has 1 aromatic carbocycles. The van der Waals surface area contributed by atoms with E-state index in [0.717, 1.165) is 5.56 Å². The molecule has 0 amide bonds. The van der Waals surface area contributed by atoms with Gasteiger partial charge in [-0.15, -0.1) is 0 Å². The second-order valence-corrected chi connectivity index (χ2v) is 7.51. The molecule has 2 rings (SSSR count). The largest absolute Gasteiger partial charge is 0.348 e. The minimum atomic E-state index is -3.73. The van der Waals surface area contributed by atoms with E-state index >= 15 is 0 Å². The van der Waals surface area contributed by atoms with Gasteiger partial charge < -0.3 is 9.47 Å². The van der Waals surface area contributed by atoms with Crippen LogP contribution in [0.2, 0.25) is 0 Å². The lowest BCUT2D eigenvalue weighted by Crippen LogP contribution is -2.28. The van der Waals surface area contributed by atoms with Crippen LogP contribution < -0.4 is 0 Å². The molecule has 1 aromatic rings. The predicted molar refractivity (Wildman–Crippen MR) is 78.4 cm³/mol. The molecule has 0 unspecified atom stereocenters. The van der Waals surface area contributed by atoms with Gasteiger partial charge in [-0.05, 0) is 32.9 Å². The van der Waals surface area contributed by atoms with Gasteiger partial charge in [-0.1, -0.05) is 24.6 Å². The normalized spacial score (nSPS) is 23.1. The second-order valence-electron chi connectivity index (χ2n) is 5.90. The summed E-state index contributed by atoms with van der Waals surface area (Å²) in [4.78, 5) is 0.171. The van der Waals surface area contributed by atoms with E-state index in [4.69, 9.17) is 13.7 Å². The van der Waals surface area contributed by atoms with E-state index in [1.54, 1.807) is 24.3 Å². The lowest BCUT2D eigenvalue weighted by Gasteiger charge is -2.21. The highest BCUT2D eigenvalue weighted by Gasteiger charge is 2.36. The lowest BCUT2D eigenvalue weighted by molar-refractivity contribution is -0.144. The first kappa shape index (κ1) is 16.4. The molecule has 0 aliphatic carbocycles. The standard InChI is InChI=1S/C15H22O5S/c1-11-5-7-13(8-6-11)21(16,17)19-9-12(2)14-10-18-15(3,4)20-14/h5-8,12,14H,9-10H2,1-4H3/t12-,14+/m0/s1. The van der Waals surface area contributed by atoms with Gasteiger partial charge in [0.1, 0.15) is 0 Å². The SMILES string of the molecule is Cc1ccc(S(=O)(=O)OC[C@H](C)[C@H]2COC(C)(C)O2)cc1. The Hall–Kier alpha value is -0.950. The van der Waals surface area contributed by atoms with E-state index in [-0.39, 0.29) is 23.5 Å². The molecule has 21 heavy (non-hydrogen) atoms. The summed E-state index contributed by atoms with van der Waals surface area (Å²) < 4.78 is 40.5. The van der Waals surface area contributed by atoms with Crippen LogP contribution in [0.1, 0.15) is 26.3 Å². The quantitative estimate of drug-likeness (QED) is 0.781. The Bertz CT molecular complexity index is 577. The van der Waals surface area contributed by atoms with Crippen LogP contribution in [0, 0.1) is 12.8 Å². The molecule has 1 aliphatic rings. The summed E-state index contributed by atoms with van der Waals surface area (Å²) in [5.41, 5.74) is 1.00. The van der Waals surface area contributed by atoms with Gasteiger partial charge in [0.2, 0.25) is 0 Å². The molecule has 1 fully saturated rings. The highest BCUT2D eigenvalue weighted by molar-refractivity contribution is 7.86. The van der Waals surface area contributed by atoms with Crippen molar-refractivity contribution in [1.82, 2.24) is 0 Å². The summed E-state index contributed by atoms with van der Waals surface area (Å²) in [5, 5.41) is 0. The first-order valence-corrected chi connectivity index (χ1v) is 8.38. The van der Waals surface area contributed by atoms with Gasteiger partial charge in [-0.2, -0.15) is 8.42 Å². The van der Waals surface area contributed by atoms with Crippen molar-refractivity contribution in [2.75, 3.05) is 13.2 Å². The Balaban J connectivity index is 1.94. The maximum Gasteiger partial charge on any atom is 0.296 e. The average Bonchev–Trinajstić information content (AvgIpc) is 2.77. The minimum absolute atomic E-state index is 0.0698. The van der Waals surface area contributed by atoms with Gasteiger partial charge in [-0.3, -0.25) is 4.18 Å². The van der Waals surface area contributed by atoms with Gasteiger partial charge in [0.25, 0.3) is 10.1 Å². The smallest absolute Gasteiger partial charge is 0.296 e. The zero-order valence-corrected chi connectivity index (χ0v) is 13.6. The molecule has 6 heteroatoms. The van der Waals surface area contributed by atoms with Crippen LogP contribution in [0.3, 0.4) is 0 Å². The molecular weight excluding hydrogens is 292 g/mol. The molecule has 5 nitrogen and oxygen atoms in total. The van der Waals surface area contributed by atoms with E-state index in [1.807, 2.05) is 27.7 Å². The molecule has 0 aromatic heterocycles. The van der Waals surface area contributed by atoms with Gasteiger partial charge in [0.15, 0.2) is 5.79 Å². The monoisotopic (exact) mass is 314 g/mol. The summed E-state index contributed by atoms with van der Waals surface area (Å²) >= 11 is 0. The number of ether oxygens (including phenoxy) is 2. The van der Waals surface area contributed by atoms with Gasteiger partial charge >= 0.3 is 0 Å². The van der Waals surface area contributed by atoms with Gasteiger partial charge in [0.05, 0.1) is 24.2 Å². The van der Waals surface area contributed by atoms with Crippen molar-refractivity contribution in [2.24, 2.45) is 5.92 Å². The molecular formula is C15H22O5S. The van der Waals surface area contributed by atoms with E-state index in [1.165, 1.54) is 0 Å². The van der Waals surface area contributed by atoms with Crippen molar-refractivity contribution in [3.05, 3.63) is 29.8 Å². The maximum atomic E-state index is 12.1. The van der Waals surface area contributed by atoms with Crippen LogP contribution in [0.25, 0.3) is 0 Å². The van der Waals surface area contributed by atoms with Crippen molar-refractivity contribution >= 4 is 10.1 Å². The first-order chi connectivity index (χ1) is 9.70. The van der Waals surface area contributed by atoms with Crippen molar-refractivity contribution in [3.63, 3.8) is 0 Å². The summed E-state index contributed by atoms with van der Waals surface area (Å²) in [5.74, 6) is -0.693. The summed E-state index contributed by atoms with van der Waals surface area (Å²) in [6, 6.07) is 6.59. The molecule has 0 bridgehead atoms. The molecule has 0 spiro atoms. The Labute approximate surface area is 126 Å². The molecule has 2 atom stereocenters. The number of rotatable bonds is 5. The van der Waals surface area contributed by atoms with Crippen LogP contribution in [0.5, 0.6) is 0 Å². The molecule has 0 N–H and O–H groups in total. The Kier molecular flexibility index (Phi) is 4.72. The van der Waals surface area contributed by atoms with Gasteiger partial charge in [-0.25, -0.2) is 0 Å². The van der Waals surface area contributed by atoms with Crippen LogP contribution in [-0.4, -0.2) is 33.5 Å². The molecule has 0 saturated carbocycles. The zero-order chi connectivity index (χ0) is 15.7. The highest BCUT2D eigenvalue weighted by atomic mass is 32.2. The molecule has 1 aliphatic heterocycles. The van der Waals surface area contributed by atoms with Crippen LogP contribution >= 0.6 is 0 Å². The molecule has 118 valence electrons. The summed E-state index contributed by atoms with van der Waals surface area (Å²) in [7, 11) is -3.73. The molecule has 1 heterocycles. The fourth-order valence-electron chi connectivity index (χ4n) is 2.07. The Morgan fingerprint density at radius 2 is 1.95 bits per heavy atom. The van der Waals surface area contributed by atoms with E-state index in [2.05, 4.69) is 0 Å². The third kappa shape index (κ3) is 4.26. The van der Waals surface area contributed by atoms with E-state index < -0.39 is 15.9 Å². The number of hydrogen-bond donors (Lipinski definition) is 0. The second kappa shape index (κ2) is 6.04. The topological polar surface area (TPSA) is 61.8 Å². The number of aryl methyl sites for hydroxylation is 1. The van der Waals surface area contributed by atoms with Crippen molar-refractivity contribution < 1.29 is 22.1 Å². The maximum absolute atomic E-state index is 12.1. The van der Waals surface area contributed by atoms with Crippen molar-refractivity contribution in [2.45, 2.75) is 44.5 Å². The third-order valence-corrected chi connectivity index (χ3v) is 4.76. The highest BCUT2D eigenvalue weighted by Crippen LogP contribution is 2.27. The number of hydrogen-bond acceptors (Lipinski definition) is 5. The predicted octanol–water partition coefficient (Wildman–Crippen LogP) is 2.49. The van der Waals surface area contributed by atoms with Crippen LogP contribution in [-0.2, 0) is 23.8 Å². The van der Waals surface area contributed by atoms with Crippen LogP contribution in [0.4, 0.5) is 0 Å². The van der Waals surface area contributed by atoms with E-state index in [0.29, 0.717) is 6.61 Å². The van der Waals surface area contributed by atoms with Crippen LogP contribution in [0.15, 0.2) is 29.2 Å². The fourth-order valence-corrected chi connectivity index (χ4v) is 3.07. The van der Waals surface area contributed by atoms with E-state index in [9.17, 15) is 8.42 Å². The Morgan fingerprint density at radius 1 is 1.33 bits per heavy atom. The zero-order valence-electron chi connectivity index (χ0n) is 12.8.